The van der Waals surface area contributed by atoms with Crippen LogP contribution in [0.1, 0.15) is 44.9 Å². The van der Waals surface area contributed by atoms with Gasteiger partial charge >= 0.3 is 0 Å². The van der Waals surface area contributed by atoms with E-state index >= 15 is 0 Å². The largest absolute Gasteiger partial charge is 0.293 e. The molecule has 0 spiro atoms. The van der Waals surface area contributed by atoms with Gasteiger partial charge < -0.3 is 0 Å². The van der Waals surface area contributed by atoms with E-state index in [0.717, 1.165) is 13.1 Å². The van der Waals surface area contributed by atoms with Crippen LogP contribution in [0.4, 0.5) is 0 Å². The van der Waals surface area contributed by atoms with E-state index in [1.165, 1.54) is 30.6 Å². The van der Waals surface area contributed by atoms with Gasteiger partial charge in [0.25, 0.3) is 0 Å². The molecule has 3 nitrogen and oxygen atoms in total. The van der Waals surface area contributed by atoms with Gasteiger partial charge in [0.2, 0.25) is 0 Å². The minimum atomic E-state index is 0.451. The van der Waals surface area contributed by atoms with Crippen LogP contribution in [-0.4, -0.2) is 21.4 Å². The van der Waals surface area contributed by atoms with Crippen LogP contribution in [-0.2, 0) is 13.1 Å². The van der Waals surface area contributed by atoms with Gasteiger partial charge in [0.1, 0.15) is 6.33 Å². The second-order valence-electron chi connectivity index (χ2n) is 5.87. The average molecular weight is 219 g/mol. The smallest absolute Gasteiger partial charge is 0.115 e. The molecule has 0 saturated heterocycles. The molecule has 0 N–H and O–H groups in total. The number of hydrogen-bond donors (Lipinski definition) is 0. The van der Waals surface area contributed by atoms with Crippen molar-refractivity contribution in [3.63, 3.8) is 0 Å². The van der Waals surface area contributed by atoms with Crippen molar-refractivity contribution in [1.29, 1.82) is 0 Å². The first-order valence-corrected chi connectivity index (χ1v) is 6.05. The lowest BCUT2D eigenvalue weighted by Gasteiger charge is -2.20. The van der Waals surface area contributed by atoms with Crippen LogP contribution in [0.3, 0.4) is 0 Å². The van der Waals surface area contributed by atoms with Gasteiger partial charge in [-0.25, -0.2) is 9.97 Å². The topological polar surface area (TPSA) is 29.0 Å². The van der Waals surface area contributed by atoms with Crippen LogP contribution in [0.2, 0.25) is 0 Å². The second-order valence-corrected chi connectivity index (χ2v) is 5.87. The van der Waals surface area contributed by atoms with Crippen LogP contribution in [0.5, 0.6) is 0 Å². The van der Waals surface area contributed by atoms with Crippen molar-refractivity contribution in [2.24, 2.45) is 5.41 Å². The van der Waals surface area contributed by atoms with E-state index in [9.17, 15) is 0 Å². The monoisotopic (exact) mass is 219 g/mol. The fraction of sp³-hybridized carbons (Fsp3) is 0.692. The number of fused-ring (bicyclic) bond motifs is 1. The molecule has 0 bridgehead atoms. The van der Waals surface area contributed by atoms with Crippen molar-refractivity contribution >= 4 is 0 Å². The molecule has 0 fully saturated rings. The highest BCUT2D eigenvalue weighted by Crippen LogP contribution is 2.23. The summed E-state index contributed by atoms with van der Waals surface area (Å²) in [6.07, 6.45) is 6.15. The lowest BCUT2D eigenvalue weighted by molar-refractivity contribution is 0.252. The highest BCUT2D eigenvalue weighted by molar-refractivity contribution is 5.19. The summed E-state index contributed by atoms with van der Waals surface area (Å²) in [5, 5.41) is 0. The molecule has 3 heteroatoms. The fourth-order valence-corrected chi connectivity index (χ4v) is 2.16. The molecule has 88 valence electrons. The quantitative estimate of drug-likeness (QED) is 0.782. The Bertz CT molecular complexity index is 329. The molecule has 0 amide bonds. The zero-order chi connectivity index (χ0) is 11.6. The minimum absolute atomic E-state index is 0.451. The zero-order valence-electron chi connectivity index (χ0n) is 10.5. The second kappa shape index (κ2) is 4.50. The molecule has 0 aromatic carbocycles. The normalized spacial score (nSPS) is 16.4. The van der Waals surface area contributed by atoms with Crippen molar-refractivity contribution < 1.29 is 0 Å². The Kier molecular flexibility index (Phi) is 3.24. The summed E-state index contributed by atoms with van der Waals surface area (Å²) < 4.78 is 0. The summed E-state index contributed by atoms with van der Waals surface area (Å²) in [6.45, 7) is 10.1. The molecular formula is C13H21N3. The van der Waals surface area contributed by atoms with E-state index in [1.54, 1.807) is 6.33 Å². The Morgan fingerprint density at radius 1 is 1.31 bits per heavy atom. The minimum Gasteiger partial charge on any atom is -0.293 e. The zero-order valence-corrected chi connectivity index (χ0v) is 10.5. The summed E-state index contributed by atoms with van der Waals surface area (Å²) in [5.74, 6) is 0. The van der Waals surface area contributed by atoms with Crippen molar-refractivity contribution in [2.75, 3.05) is 6.54 Å². The first-order valence-electron chi connectivity index (χ1n) is 6.05. The van der Waals surface area contributed by atoms with E-state index in [2.05, 4.69) is 35.6 Å². The molecule has 1 aliphatic heterocycles. The average Bonchev–Trinajstić information content (AvgIpc) is 2.57. The summed E-state index contributed by atoms with van der Waals surface area (Å²) in [4.78, 5) is 10.8. The van der Waals surface area contributed by atoms with Crippen LogP contribution in [0.25, 0.3) is 0 Å². The molecule has 1 aromatic rings. The summed E-state index contributed by atoms with van der Waals surface area (Å²) in [6, 6.07) is 0. The summed E-state index contributed by atoms with van der Waals surface area (Å²) in [7, 11) is 0. The first-order chi connectivity index (χ1) is 7.54. The third-order valence-electron chi connectivity index (χ3n) is 3.05. The van der Waals surface area contributed by atoms with Crippen molar-refractivity contribution in [3.05, 3.63) is 23.8 Å². The van der Waals surface area contributed by atoms with Crippen LogP contribution >= 0.6 is 0 Å². The molecule has 0 radical (unpaired) electrons. The molecule has 0 saturated carbocycles. The number of rotatable bonds is 3. The van der Waals surface area contributed by atoms with Gasteiger partial charge in [0, 0.05) is 24.8 Å². The Balaban J connectivity index is 1.79. The molecule has 1 aliphatic rings. The van der Waals surface area contributed by atoms with Gasteiger partial charge in [-0.15, -0.1) is 0 Å². The third kappa shape index (κ3) is 3.01. The van der Waals surface area contributed by atoms with Crippen LogP contribution in [0, 0.1) is 5.41 Å². The van der Waals surface area contributed by atoms with E-state index in [0.29, 0.717) is 5.41 Å². The van der Waals surface area contributed by atoms with Gasteiger partial charge in [-0.2, -0.15) is 0 Å². The van der Waals surface area contributed by atoms with E-state index < -0.39 is 0 Å². The molecular weight excluding hydrogens is 198 g/mol. The van der Waals surface area contributed by atoms with Crippen molar-refractivity contribution in [3.8, 4) is 0 Å². The SMILES string of the molecule is CC(C)(C)CCCN1Cc2cncnc2C1. The standard InChI is InChI=1S/C13H21N3/c1-13(2,3)5-4-6-16-8-11-7-14-10-15-12(11)9-16/h7,10H,4-6,8-9H2,1-3H3. The predicted molar refractivity (Wildman–Crippen MR) is 64.8 cm³/mol. The lowest BCUT2D eigenvalue weighted by atomic mass is 9.90. The van der Waals surface area contributed by atoms with Gasteiger partial charge in [-0.05, 0) is 24.8 Å². The Morgan fingerprint density at radius 2 is 2.12 bits per heavy atom. The Morgan fingerprint density at radius 3 is 2.81 bits per heavy atom. The molecule has 2 heterocycles. The highest BCUT2D eigenvalue weighted by Gasteiger charge is 2.20. The number of aromatic nitrogens is 2. The number of hydrogen-bond acceptors (Lipinski definition) is 3. The number of nitrogens with zero attached hydrogens (tertiary/aromatic N) is 3. The van der Waals surface area contributed by atoms with E-state index in [4.69, 9.17) is 0 Å². The van der Waals surface area contributed by atoms with Gasteiger partial charge in [-0.3, -0.25) is 4.90 Å². The molecule has 0 atom stereocenters. The molecule has 1 aromatic heterocycles. The Hall–Kier alpha value is -0.960. The highest BCUT2D eigenvalue weighted by atomic mass is 15.2. The van der Waals surface area contributed by atoms with Crippen molar-refractivity contribution in [2.45, 2.75) is 46.7 Å². The van der Waals surface area contributed by atoms with Gasteiger partial charge in [0.15, 0.2) is 0 Å². The van der Waals surface area contributed by atoms with E-state index in [-0.39, 0.29) is 0 Å². The van der Waals surface area contributed by atoms with Gasteiger partial charge in [0.05, 0.1) is 5.69 Å². The maximum Gasteiger partial charge on any atom is 0.115 e. The third-order valence-corrected chi connectivity index (χ3v) is 3.05. The van der Waals surface area contributed by atoms with Crippen molar-refractivity contribution in [1.82, 2.24) is 14.9 Å². The first kappa shape index (κ1) is 11.5. The van der Waals surface area contributed by atoms with E-state index in [1.807, 2.05) is 6.20 Å². The predicted octanol–water partition coefficient (Wildman–Crippen LogP) is 2.62. The Labute approximate surface area is 97.9 Å². The summed E-state index contributed by atoms with van der Waals surface area (Å²) >= 11 is 0. The lowest BCUT2D eigenvalue weighted by Crippen LogP contribution is -2.19. The van der Waals surface area contributed by atoms with Crippen LogP contribution in [0.15, 0.2) is 12.5 Å². The van der Waals surface area contributed by atoms with Crippen LogP contribution < -0.4 is 0 Å². The molecule has 2 rings (SSSR count). The maximum absolute atomic E-state index is 4.31. The molecule has 0 aliphatic carbocycles. The summed E-state index contributed by atoms with van der Waals surface area (Å²) in [5.41, 5.74) is 2.97. The fourth-order valence-electron chi connectivity index (χ4n) is 2.16. The molecule has 16 heavy (non-hydrogen) atoms. The maximum atomic E-state index is 4.31. The molecule has 0 unspecified atom stereocenters. The van der Waals surface area contributed by atoms with Gasteiger partial charge in [-0.1, -0.05) is 20.8 Å².